The molecule has 1 aliphatic heterocycles. The van der Waals surface area contributed by atoms with Gasteiger partial charge in [-0.15, -0.1) is 0 Å². The number of pyridine rings is 1. The van der Waals surface area contributed by atoms with Crippen molar-refractivity contribution in [2.45, 2.75) is 52.3 Å². The molecule has 3 rings (SSSR count). The Morgan fingerprint density at radius 3 is 2.39 bits per heavy atom. The molecule has 0 radical (unpaired) electrons. The second kappa shape index (κ2) is 8.42. The number of aromatic nitrogens is 1. The summed E-state index contributed by atoms with van der Waals surface area (Å²) in [6, 6.07) is 7.19. The summed E-state index contributed by atoms with van der Waals surface area (Å²) in [5.74, 6) is -0.481. The van der Waals surface area contributed by atoms with Gasteiger partial charge in [0.25, 0.3) is 0 Å². The zero-order chi connectivity index (χ0) is 22.9. The minimum atomic E-state index is -0.563. The van der Waals surface area contributed by atoms with Crippen molar-refractivity contribution in [1.29, 1.82) is 5.26 Å². The SMILES string of the molecule is COC(=O)c1ccc(N2C[C@@H](C)N(C(=O)OC(C)(C)C)[C@@H](C)C2)c2cc(C#N)cnc12. The van der Waals surface area contributed by atoms with Gasteiger partial charge in [0.1, 0.15) is 11.7 Å². The topological polar surface area (TPSA) is 95.8 Å². The summed E-state index contributed by atoms with van der Waals surface area (Å²) in [7, 11) is 1.32. The van der Waals surface area contributed by atoms with Gasteiger partial charge in [0, 0.05) is 30.4 Å². The smallest absolute Gasteiger partial charge is 0.410 e. The van der Waals surface area contributed by atoms with Crippen LogP contribution in [-0.2, 0) is 9.47 Å². The Hall–Kier alpha value is -3.34. The predicted molar refractivity (Wildman–Crippen MR) is 117 cm³/mol. The van der Waals surface area contributed by atoms with E-state index in [9.17, 15) is 14.9 Å². The van der Waals surface area contributed by atoms with Crippen LogP contribution in [0.15, 0.2) is 24.4 Å². The summed E-state index contributed by atoms with van der Waals surface area (Å²) in [5.41, 5.74) is 1.53. The first-order chi connectivity index (χ1) is 14.6. The summed E-state index contributed by atoms with van der Waals surface area (Å²) in [6.45, 7) is 10.7. The lowest BCUT2D eigenvalue weighted by Gasteiger charge is -2.45. The van der Waals surface area contributed by atoms with E-state index in [4.69, 9.17) is 9.47 Å². The summed E-state index contributed by atoms with van der Waals surface area (Å²) >= 11 is 0. The summed E-state index contributed by atoms with van der Waals surface area (Å²) in [4.78, 5) is 33.2. The molecule has 0 N–H and O–H groups in total. The maximum absolute atomic E-state index is 12.7. The molecular formula is C23H28N4O4. The van der Waals surface area contributed by atoms with Gasteiger partial charge >= 0.3 is 12.1 Å². The molecule has 1 amide bonds. The van der Waals surface area contributed by atoms with Gasteiger partial charge < -0.3 is 14.4 Å². The lowest BCUT2D eigenvalue weighted by Crippen LogP contribution is -2.59. The third-order valence-electron chi connectivity index (χ3n) is 5.23. The molecule has 1 aliphatic rings. The highest BCUT2D eigenvalue weighted by Crippen LogP contribution is 2.32. The molecule has 2 atom stereocenters. The molecule has 0 bridgehead atoms. The molecule has 2 heterocycles. The minimum Gasteiger partial charge on any atom is -0.465 e. The molecule has 0 saturated carbocycles. The van der Waals surface area contributed by atoms with Crippen LogP contribution < -0.4 is 4.90 Å². The predicted octanol–water partition coefficient (Wildman–Crippen LogP) is 3.73. The number of carbonyl (C=O) groups excluding carboxylic acids is 2. The molecule has 164 valence electrons. The van der Waals surface area contributed by atoms with Crippen molar-refractivity contribution in [3.63, 3.8) is 0 Å². The van der Waals surface area contributed by atoms with Crippen LogP contribution in [0.2, 0.25) is 0 Å². The van der Waals surface area contributed by atoms with Gasteiger partial charge in [-0.25, -0.2) is 9.59 Å². The van der Waals surface area contributed by atoms with Gasteiger partial charge in [-0.3, -0.25) is 9.88 Å². The summed E-state index contributed by atoms with van der Waals surface area (Å²) in [6.07, 6.45) is 1.12. The summed E-state index contributed by atoms with van der Waals surface area (Å²) in [5, 5.41) is 10.0. The lowest BCUT2D eigenvalue weighted by atomic mass is 10.0. The first-order valence-corrected chi connectivity index (χ1v) is 10.2. The summed E-state index contributed by atoms with van der Waals surface area (Å²) < 4.78 is 10.5. The first-order valence-electron chi connectivity index (χ1n) is 10.2. The van der Waals surface area contributed by atoms with Crippen LogP contribution in [-0.4, -0.2) is 59.8 Å². The largest absolute Gasteiger partial charge is 0.465 e. The monoisotopic (exact) mass is 424 g/mol. The quantitative estimate of drug-likeness (QED) is 0.678. The van der Waals surface area contributed by atoms with Crippen molar-refractivity contribution >= 4 is 28.7 Å². The average Bonchev–Trinajstić information content (AvgIpc) is 2.69. The molecule has 2 aromatic rings. The molecule has 0 unspecified atom stereocenters. The maximum Gasteiger partial charge on any atom is 0.410 e. The number of anilines is 1. The first kappa shape index (κ1) is 22.3. The Labute approximate surface area is 182 Å². The molecule has 8 nitrogen and oxygen atoms in total. The second-order valence-corrected chi connectivity index (χ2v) is 8.85. The number of methoxy groups -OCH3 is 1. The Morgan fingerprint density at radius 2 is 1.84 bits per heavy atom. The number of carbonyl (C=O) groups is 2. The molecule has 0 aliphatic carbocycles. The van der Waals surface area contributed by atoms with Gasteiger partial charge in [0.05, 0.1) is 35.8 Å². The molecule has 31 heavy (non-hydrogen) atoms. The zero-order valence-electron chi connectivity index (χ0n) is 18.8. The van der Waals surface area contributed by atoms with E-state index in [-0.39, 0.29) is 18.2 Å². The third kappa shape index (κ3) is 4.55. The van der Waals surface area contributed by atoms with E-state index in [1.165, 1.54) is 13.3 Å². The van der Waals surface area contributed by atoms with Crippen LogP contribution in [0.1, 0.15) is 50.5 Å². The molecule has 8 heteroatoms. The fourth-order valence-electron chi connectivity index (χ4n) is 4.01. The van der Waals surface area contributed by atoms with E-state index in [1.807, 2.05) is 40.7 Å². The van der Waals surface area contributed by atoms with E-state index in [1.54, 1.807) is 17.0 Å². The highest BCUT2D eigenvalue weighted by atomic mass is 16.6. The van der Waals surface area contributed by atoms with Crippen LogP contribution in [0.4, 0.5) is 10.5 Å². The number of hydrogen-bond donors (Lipinski definition) is 0. The van der Waals surface area contributed by atoms with Gasteiger partial charge in [-0.05, 0) is 52.8 Å². The van der Waals surface area contributed by atoms with E-state index in [0.29, 0.717) is 35.1 Å². The van der Waals surface area contributed by atoms with Gasteiger partial charge in [-0.1, -0.05) is 0 Å². The van der Waals surface area contributed by atoms with Crippen molar-refractivity contribution in [3.05, 3.63) is 35.5 Å². The number of piperazine rings is 1. The van der Waals surface area contributed by atoms with Crippen molar-refractivity contribution in [2.75, 3.05) is 25.1 Å². The van der Waals surface area contributed by atoms with Gasteiger partial charge in [0.15, 0.2) is 0 Å². The Bertz CT molecular complexity index is 1040. The number of nitrogens with zero attached hydrogens (tertiary/aromatic N) is 4. The number of amides is 1. The number of nitriles is 1. The fraction of sp³-hybridized carbons (Fsp3) is 0.478. The Morgan fingerprint density at radius 1 is 1.19 bits per heavy atom. The average molecular weight is 425 g/mol. The van der Waals surface area contributed by atoms with Gasteiger partial charge in [-0.2, -0.15) is 5.26 Å². The number of ether oxygens (including phenoxy) is 2. The minimum absolute atomic E-state index is 0.0963. The zero-order valence-corrected chi connectivity index (χ0v) is 18.8. The molecular weight excluding hydrogens is 396 g/mol. The van der Waals surface area contributed by atoms with E-state index >= 15 is 0 Å². The molecule has 1 saturated heterocycles. The normalized spacial score (nSPS) is 19.1. The lowest BCUT2D eigenvalue weighted by molar-refractivity contribution is 0.00566. The van der Waals surface area contributed by atoms with Crippen molar-refractivity contribution < 1.29 is 19.1 Å². The Balaban J connectivity index is 1.99. The molecule has 1 aromatic carbocycles. The highest BCUT2D eigenvalue weighted by molar-refractivity contribution is 6.07. The maximum atomic E-state index is 12.7. The van der Waals surface area contributed by atoms with Crippen molar-refractivity contribution in [2.24, 2.45) is 0 Å². The Kier molecular flexibility index (Phi) is 6.07. The van der Waals surface area contributed by atoms with Crippen LogP contribution >= 0.6 is 0 Å². The molecule has 0 spiro atoms. The van der Waals surface area contributed by atoms with Crippen molar-refractivity contribution in [3.8, 4) is 6.07 Å². The third-order valence-corrected chi connectivity index (χ3v) is 5.23. The van der Waals surface area contributed by atoms with E-state index in [2.05, 4.69) is 16.0 Å². The number of hydrogen-bond acceptors (Lipinski definition) is 7. The number of benzene rings is 1. The second-order valence-electron chi connectivity index (χ2n) is 8.85. The van der Waals surface area contributed by atoms with E-state index in [0.717, 1.165) is 5.69 Å². The van der Waals surface area contributed by atoms with Crippen molar-refractivity contribution in [1.82, 2.24) is 9.88 Å². The number of rotatable bonds is 2. The van der Waals surface area contributed by atoms with Crippen LogP contribution in [0.5, 0.6) is 0 Å². The van der Waals surface area contributed by atoms with Crippen LogP contribution in [0.25, 0.3) is 10.9 Å². The highest BCUT2D eigenvalue weighted by Gasteiger charge is 2.36. The molecule has 1 fully saturated rings. The standard InChI is InChI=1S/C23H28N4O4/c1-14-12-26(13-15(2)27(14)22(29)31-23(3,4)5)19-8-7-17(21(28)30-6)20-18(19)9-16(10-24)11-25-20/h7-9,11,14-15H,12-13H2,1-6H3/t14-,15+. The molecule has 1 aromatic heterocycles. The number of fused-ring (bicyclic) bond motifs is 1. The van der Waals surface area contributed by atoms with E-state index < -0.39 is 11.6 Å². The van der Waals surface area contributed by atoms with Crippen LogP contribution in [0.3, 0.4) is 0 Å². The fourth-order valence-corrected chi connectivity index (χ4v) is 4.01. The number of esters is 1. The van der Waals surface area contributed by atoms with Crippen LogP contribution in [0, 0.1) is 11.3 Å². The van der Waals surface area contributed by atoms with Gasteiger partial charge in [0.2, 0.25) is 0 Å².